The minimum atomic E-state index is 1.06. The molecular weight excluding hydrogens is 148 g/mol. The number of aromatic nitrogens is 1. The number of hydrogen-bond donors (Lipinski definition) is 1. The first-order valence-corrected chi connectivity index (χ1v) is 4.49. The molecule has 0 bridgehead atoms. The van der Waals surface area contributed by atoms with Crippen molar-refractivity contribution < 1.29 is 0 Å². The fourth-order valence-electron chi connectivity index (χ4n) is 1.07. The van der Waals surface area contributed by atoms with Crippen LogP contribution in [0.3, 0.4) is 0 Å². The smallest absolute Gasteiger partial charge is 0.0393 e. The summed E-state index contributed by atoms with van der Waals surface area (Å²) in [6.07, 6.45) is 4.29. The van der Waals surface area contributed by atoms with Crippen LogP contribution in [0.4, 0.5) is 5.69 Å². The molecule has 0 saturated carbocycles. The number of aryl methyl sites for hydroxylation is 1. The Balaban J connectivity index is 2.41. The lowest BCUT2D eigenvalue weighted by Gasteiger charge is -2.04. The predicted molar refractivity (Wildman–Crippen MR) is 52.4 cm³/mol. The van der Waals surface area contributed by atoms with Gasteiger partial charge >= 0.3 is 0 Å². The number of hydrogen-bond acceptors (Lipinski definition) is 2. The highest BCUT2D eigenvalue weighted by Crippen LogP contribution is 2.06. The van der Waals surface area contributed by atoms with Crippen LogP contribution in [-0.4, -0.2) is 11.5 Å². The maximum Gasteiger partial charge on any atom is 0.0393 e. The van der Waals surface area contributed by atoms with Crippen LogP contribution >= 0.6 is 0 Å². The molecular formula is C10H16N2. The van der Waals surface area contributed by atoms with E-state index >= 15 is 0 Å². The zero-order valence-corrected chi connectivity index (χ0v) is 7.80. The monoisotopic (exact) mass is 164 g/mol. The molecule has 0 amide bonds. The van der Waals surface area contributed by atoms with Crippen molar-refractivity contribution in [1.29, 1.82) is 0 Å². The van der Waals surface area contributed by atoms with Crippen LogP contribution in [0.1, 0.15) is 25.5 Å². The van der Waals surface area contributed by atoms with Crippen LogP contribution in [0, 0.1) is 6.92 Å². The van der Waals surface area contributed by atoms with Gasteiger partial charge < -0.3 is 5.32 Å². The minimum absolute atomic E-state index is 1.06. The first-order chi connectivity index (χ1) is 5.83. The molecule has 1 aromatic heterocycles. The van der Waals surface area contributed by atoms with Crippen LogP contribution < -0.4 is 5.32 Å². The SMILES string of the molecule is CCCCNc1ccnc(C)c1. The van der Waals surface area contributed by atoms with Gasteiger partial charge in [0.2, 0.25) is 0 Å². The Hall–Kier alpha value is -1.05. The van der Waals surface area contributed by atoms with E-state index in [0.29, 0.717) is 0 Å². The highest BCUT2D eigenvalue weighted by atomic mass is 14.9. The van der Waals surface area contributed by atoms with E-state index in [1.165, 1.54) is 18.5 Å². The zero-order chi connectivity index (χ0) is 8.81. The molecule has 0 aromatic carbocycles. The van der Waals surface area contributed by atoms with E-state index < -0.39 is 0 Å². The molecule has 1 heterocycles. The Morgan fingerprint density at radius 2 is 2.33 bits per heavy atom. The van der Waals surface area contributed by atoms with Crippen molar-refractivity contribution in [1.82, 2.24) is 4.98 Å². The van der Waals surface area contributed by atoms with Crippen LogP contribution in [0.15, 0.2) is 18.3 Å². The lowest BCUT2D eigenvalue weighted by atomic mass is 10.3. The molecule has 0 saturated heterocycles. The Morgan fingerprint density at radius 3 is 3.00 bits per heavy atom. The molecule has 2 nitrogen and oxygen atoms in total. The lowest BCUT2D eigenvalue weighted by Crippen LogP contribution is -2.00. The van der Waals surface area contributed by atoms with Gasteiger partial charge in [0.15, 0.2) is 0 Å². The number of pyridine rings is 1. The summed E-state index contributed by atoms with van der Waals surface area (Å²) in [6, 6.07) is 4.07. The summed E-state index contributed by atoms with van der Waals surface area (Å²) in [4.78, 5) is 4.13. The van der Waals surface area contributed by atoms with Crippen LogP contribution in [0.2, 0.25) is 0 Å². The van der Waals surface area contributed by atoms with Crippen molar-refractivity contribution in [2.75, 3.05) is 11.9 Å². The number of nitrogens with one attached hydrogen (secondary N) is 1. The van der Waals surface area contributed by atoms with Gasteiger partial charge in [-0.1, -0.05) is 13.3 Å². The molecule has 0 aliphatic carbocycles. The van der Waals surface area contributed by atoms with Crippen molar-refractivity contribution in [3.8, 4) is 0 Å². The third kappa shape index (κ3) is 2.91. The Labute approximate surface area is 74.0 Å². The second-order valence-electron chi connectivity index (χ2n) is 2.97. The Kier molecular flexibility index (Phi) is 3.58. The number of anilines is 1. The summed E-state index contributed by atoms with van der Waals surface area (Å²) in [6.45, 7) is 5.25. The van der Waals surface area contributed by atoms with Crippen molar-refractivity contribution in [3.05, 3.63) is 24.0 Å². The van der Waals surface area contributed by atoms with Crippen LogP contribution in [0.5, 0.6) is 0 Å². The molecule has 1 N–H and O–H groups in total. The number of rotatable bonds is 4. The van der Waals surface area contributed by atoms with E-state index in [-0.39, 0.29) is 0 Å². The van der Waals surface area contributed by atoms with Crippen LogP contribution in [0.25, 0.3) is 0 Å². The molecule has 0 fully saturated rings. The lowest BCUT2D eigenvalue weighted by molar-refractivity contribution is 0.834. The Morgan fingerprint density at radius 1 is 1.50 bits per heavy atom. The third-order valence-corrected chi connectivity index (χ3v) is 1.76. The molecule has 1 aromatic rings. The van der Waals surface area contributed by atoms with E-state index in [2.05, 4.69) is 23.3 Å². The van der Waals surface area contributed by atoms with Gasteiger partial charge in [0.1, 0.15) is 0 Å². The van der Waals surface area contributed by atoms with Crippen molar-refractivity contribution in [2.45, 2.75) is 26.7 Å². The van der Waals surface area contributed by atoms with Gasteiger partial charge in [0.25, 0.3) is 0 Å². The van der Waals surface area contributed by atoms with Crippen LogP contribution in [-0.2, 0) is 0 Å². The molecule has 0 radical (unpaired) electrons. The van der Waals surface area contributed by atoms with Gasteiger partial charge in [-0.2, -0.15) is 0 Å². The summed E-state index contributed by atoms with van der Waals surface area (Å²) >= 11 is 0. The van der Waals surface area contributed by atoms with Crippen molar-refractivity contribution in [2.24, 2.45) is 0 Å². The molecule has 0 aliphatic heterocycles. The summed E-state index contributed by atoms with van der Waals surface area (Å²) in [5.41, 5.74) is 2.24. The zero-order valence-electron chi connectivity index (χ0n) is 7.80. The summed E-state index contributed by atoms with van der Waals surface area (Å²) in [5, 5.41) is 3.35. The third-order valence-electron chi connectivity index (χ3n) is 1.76. The maximum absolute atomic E-state index is 4.13. The Bertz CT molecular complexity index is 233. The molecule has 0 spiro atoms. The second-order valence-corrected chi connectivity index (χ2v) is 2.97. The van der Waals surface area contributed by atoms with Gasteiger partial charge in [-0.25, -0.2) is 0 Å². The predicted octanol–water partition coefficient (Wildman–Crippen LogP) is 2.60. The molecule has 1 rings (SSSR count). The topological polar surface area (TPSA) is 24.9 Å². The molecule has 0 atom stereocenters. The normalized spacial score (nSPS) is 9.83. The van der Waals surface area contributed by atoms with E-state index in [1.54, 1.807) is 0 Å². The first-order valence-electron chi connectivity index (χ1n) is 4.49. The largest absolute Gasteiger partial charge is 0.385 e. The molecule has 0 aliphatic rings. The average molecular weight is 164 g/mol. The number of nitrogens with zero attached hydrogens (tertiary/aromatic N) is 1. The van der Waals surface area contributed by atoms with E-state index in [4.69, 9.17) is 0 Å². The summed E-state index contributed by atoms with van der Waals surface area (Å²) < 4.78 is 0. The summed E-state index contributed by atoms with van der Waals surface area (Å²) in [5.74, 6) is 0. The van der Waals surface area contributed by atoms with Gasteiger partial charge in [0, 0.05) is 24.1 Å². The van der Waals surface area contributed by atoms with E-state index in [9.17, 15) is 0 Å². The molecule has 12 heavy (non-hydrogen) atoms. The summed E-state index contributed by atoms with van der Waals surface area (Å²) in [7, 11) is 0. The standard InChI is InChI=1S/C10H16N2/c1-3-4-6-12-10-5-7-11-9(2)8-10/h5,7-8H,3-4,6H2,1-2H3,(H,11,12). The average Bonchev–Trinajstić information content (AvgIpc) is 2.05. The maximum atomic E-state index is 4.13. The van der Waals surface area contributed by atoms with Gasteiger partial charge in [-0.15, -0.1) is 0 Å². The fraction of sp³-hybridized carbons (Fsp3) is 0.500. The first kappa shape index (κ1) is 9.04. The minimum Gasteiger partial charge on any atom is -0.385 e. The van der Waals surface area contributed by atoms with E-state index in [0.717, 1.165) is 12.2 Å². The van der Waals surface area contributed by atoms with Crippen molar-refractivity contribution >= 4 is 5.69 Å². The highest BCUT2D eigenvalue weighted by molar-refractivity contribution is 5.42. The molecule has 66 valence electrons. The van der Waals surface area contributed by atoms with Crippen molar-refractivity contribution in [3.63, 3.8) is 0 Å². The second kappa shape index (κ2) is 4.75. The molecule has 0 unspecified atom stereocenters. The van der Waals surface area contributed by atoms with Gasteiger partial charge in [-0.05, 0) is 25.5 Å². The van der Waals surface area contributed by atoms with Gasteiger partial charge in [-0.3, -0.25) is 4.98 Å². The quantitative estimate of drug-likeness (QED) is 0.692. The highest BCUT2D eigenvalue weighted by Gasteiger charge is 1.90. The van der Waals surface area contributed by atoms with Gasteiger partial charge in [0.05, 0.1) is 0 Å². The number of unbranched alkanes of at least 4 members (excludes halogenated alkanes) is 1. The fourth-order valence-corrected chi connectivity index (χ4v) is 1.07. The van der Waals surface area contributed by atoms with E-state index in [1.807, 2.05) is 19.2 Å². The molecule has 2 heteroatoms.